The van der Waals surface area contributed by atoms with Gasteiger partial charge >= 0.3 is 5.97 Å². The Morgan fingerprint density at radius 2 is 1.73 bits per heavy atom. The van der Waals surface area contributed by atoms with E-state index in [1.54, 1.807) is 72.5 Å². The molecule has 0 radical (unpaired) electrons. The predicted molar refractivity (Wildman–Crippen MR) is 152 cm³/mol. The Hall–Kier alpha value is -3.13. The van der Waals surface area contributed by atoms with Crippen LogP contribution < -0.4 is 15.0 Å². The predicted octanol–water partition coefficient (Wildman–Crippen LogP) is 7.07. The first-order valence-electron chi connectivity index (χ1n) is 11.9. The Balaban J connectivity index is 1.84. The summed E-state index contributed by atoms with van der Waals surface area (Å²) in [5.74, 6) is -0.175. The maximum atomic E-state index is 13.1. The highest BCUT2D eigenvalue weighted by molar-refractivity contribution is 7.80. The maximum absolute atomic E-state index is 13.1. The van der Waals surface area contributed by atoms with Crippen LogP contribution in [0.3, 0.4) is 0 Å². The molecule has 194 valence electrons. The molecule has 1 amide bonds. The van der Waals surface area contributed by atoms with Crippen LogP contribution in [0.5, 0.6) is 5.75 Å². The first kappa shape index (κ1) is 28.4. The van der Waals surface area contributed by atoms with Gasteiger partial charge in [0.15, 0.2) is 5.11 Å². The lowest BCUT2D eigenvalue weighted by atomic mass is 10.1. The summed E-state index contributed by atoms with van der Waals surface area (Å²) >= 11 is 18.1. The van der Waals surface area contributed by atoms with Crippen LogP contribution in [-0.4, -0.2) is 30.2 Å². The molecular weight excluding hydrogens is 531 g/mol. The van der Waals surface area contributed by atoms with Gasteiger partial charge in [0.2, 0.25) is 0 Å². The number of amides is 1. The molecule has 0 atom stereocenters. The summed E-state index contributed by atoms with van der Waals surface area (Å²) < 4.78 is 10.8. The molecule has 3 aromatic carbocycles. The Kier molecular flexibility index (Phi) is 10.7. The number of benzene rings is 3. The number of hydrogen-bond acceptors (Lipinski definition) is 5. The number of carbonyl (C=O) groups is 2. The van der Waals surface area contributed by atoms with Gasteiger partial charge in [-0.3, -0.25) is 10.1 Å². The largest absolute Gasteiger partial charge is 0.494 e. The third-order valence-corrected chi connectivity index (χ3v) is 6.27. The van der Waals surface area contributed by atoms with Crippen LogP contribution in [0.15, 0.2) is 66.7 Å². The first-order valence-corrected chi connectivity index (χ1v) is 13.1. The SMILES string of the molecule is CCCCOc1cccc(C(=O)NC(=S)N(Cc2ccc(Cl)cc2Cl)c2ccc(C(=O)OCC)cc2)c1. The number of halogens is 2. The van der Waals surface area contributed by atoms with Crippen molar-refractivity contribution in [1.82, 2.24) is 5.32 Å². The molecule has 0 aliphatic heterocycles. The van der Waals surface area contributed by atoms with Crippen LogP contribution in [0.4, 0.5) is 5.69 Å². The normalized spacial score (nSPS) is 10.5. The van der Waals surface area contributed by atoms with E-state index in [0.717, 1.165) is 18.4 Å². The number of ether oxygens (including phenoxy) is 2. The smallest absolute Gasteiger partial charge is 0.338 e. The summed E-state index contributed by atoms with van der Waals surface area (Å²) in [5.41, 5.74) is 2.23. The quantitative estimate of drug-likeness (QED) is 0.163. The molecule has 0 fully saturated rings. The number of hydrogen-bond donors (Lipinski definition) is 1. The third-order valence-electron chi connectivity index (χ3n) is 5.36. The molecule has 3 rings (SSSR count). The molecule has 37 heavy (non-hydrogen) atoms. The number of unbranched alkanes of at least 4 members (excludes halogenated alkanes) is 1. The first-order chi connectivity index (χ1) is 17.8. The second-order valence-corrected chi connectivity index (χ2v) is 9.31. The Bertz CT molecular complexity index is 1250. The highest BCUT2D eigenvalue weighted by Gasteiger charge is 2.19. The summed E-state index contributed by atoms with van der Waals surface area (Å²) in [4.78, 5) is 26.9. The molecular formula is C28H28Cl2N2O4S. The Labute approximate surface area is 232 Å². The number of carbonyl (C=O) groups excluding carboxylic acids is 2. The van der Waals surface area contributed by atoms with E-state index in [1.165, 1.54) is 0 Å². The van der Waals surface area contributed by atoms with Gasteiger partial charge in [0.05, 0.1) is 25.3 Å². The molecule has 0 unspecified atom stereocenters. The van der Waals surface area contributed by atoms with E-state index >= 15 is 0 Å². The molecule has 3 aromatic rings. The van der Waals surface area contributed by atoms with E-state index in [1.807, 2.05) is 6.07 Å². The van der Waals surface area contributed by atoms with Crippen molar-refractivity contribution in [3.63, 3.8) is 0 Å². The van der Waals surface area contributed by atoms with Crippen LogP contribution >= 0.6 is 35.4 Å². The topological polar surface area (TPSA) is 67.9 Å². The van der Waals surface area contributed by atoms with E-state index in [0.29, 0.717) is 39.2 Å². The van der Waals surface area contributed by atoms with Gasteiger partial charge < -0.3 is 14.4 Å². The van der Waals surface area contributed by atoms with E-state index in [9.17, 15) is 9.59 Å². The van der Waals surface area contributed by atoms with Gasteiger partial charge in [0.1, 0.15) is 5.75 Å². The van der Waals surface area contributed by atoms with Crippen LogP contribution in [0.25, 0.3) is 0 Å². The summed E-state index contributed by atoms with van der Waals surface area (Å²) in [6.07, 6.45) is 1.94. The molecule has 0 aliphatic rings. The minimum atomic E-state index is -0.418. The number of rotatable bonds is 10. The van der Waals surface area contributed by atoms with Crippen LogP contribution in [0.1, 0.15) is 53.0 Å². The van der Waals surface area contributed by atoms with Crippen molar-refractivity contribution in [2.45, 2.75) is 33.2 Å². The summed E-state index contributed by atoms with van der Waals surface area (Å²) in [6, 6.07) is 18.9. The molecule has 0 aromatic heterocycles. The van der Waals surface area contributed by atoms with Gasteiger partial charge in [-0.2, -0.15) is 0 Å². The molecule has 6 nitrogen and oxygen atoms in total. The zero-order chi connectivity index (χ0) is 26.8. The lowest BCUT2D eigenvalue weighted by Gasteiger charge is -2.26. The van der Waals surface area contributed by atoms with Gasteiger partial charge in [-0.15, -0.1) is 0 Å². The minimum Gasteiger partial charge on any atom is -0.494 e. The molecule has 0 bridgehead atoms. The molecule has 1 N–H and O–H groups in total. The van der Waals surface area contributed by atoms with Gasteiger partial charge in [0, 0.05) is 21.3 Å². The van der Waals surface area contributed by atoms with Crippen molar-refractivity contribution in [1.29, 1.82) is 0 Å². The fraction of sp³-hybridized carbons (Fsp3) is 0.250. The van der Waals surface area contributed by atoms with E-state index in [-0.39, 0.29) is 24.2 Å². The second kappa shape index (κ2) is 14.0. The highest BCUT2D eigenvalue weighted by atomic mass is 35.5. The lowest BCUT2D eigenvalue weighted by molar-refractivity contribution is 0.0526. The number of nitrogens with one attached hydrogen (secondary N) is 1. The molecule has 0 saturated heterocycles. The van der Waals surface area contributed by atoms with Crippen molar-refractivity contribution in [3.8, 4) is 5.75 Å². The second-order valence-electron chi connectivity index (χ2n) is 8.08. The highest BCUT2D eigenvalue weighted by Crippen LogP contribution is 2.26. The zero-order valence-corrected chi connectivity index (χ0v) is 23.0. The Morgan fingerprint density at radius 3 is 2.41 bits per heavy atom. The monoisotopic (exact) mass is 558 g/mol. The average molecular weight is 560 g/mol. The fourth-order valence-corrected chi connectivity index (χ4v) is 4.12. The zero-order valence-electron chi connectivity index (χ0n) is 20.6. The van der Waals surface area contributed by atoms with E-state index in [2.05, 4.69) is 12.2 Å². The fourth-order valence-electron chi connectivity index (χ4n) is 3.39. The molecule has 0 aliphatic carbocycles. The number of nitrogens with zero attached hydrogens (tertiary/aromatic N) is 1. The van der Waals surface area contributed by atoms with Gasteiger partial charge in [0.25, 0.3) is 5.91 Å². The van der Waals surface area contributed by atoms with Crippen molar-refractivity contribution in [2.75, 3.05) is 18.1 Å². The van der Waals surface area contributed by atoms with Crippen LogP contribution in [0.2, 0.25) is 10.0 Å². The van der Waals surface area contributed by atoms with Crippen molar-refractivity contribution in [2.24, 2.45) is 0 Å². The van der Waals surface area contributed by atoms with Gasteiger partial charge in [-0.05, 0) is 85.7 Å². The van der Waals surface area contributed by atoms with Gasteiger partial charge in [-0.1, -0.05) is 48.7 Å². The van der Waals surface area contributed by atoms with Crippen molar-refractivity contribution < 1.29 is 19.1 Å². The molecule has 0 spiro atoms. The number of thiocarbonyl (C=S) groups is 1. The van der Waals surface area contributed by atoms with Crippen LogP contribution in [0, 0.1) is 0 Å². The van der Waals surface area contributed by atoms with Crippen molar-refractivity contribution >= 4 is 58.1 Å². The van der Waals surface area contributed by atoms with E-state index < -0.39 is 5.97 Å². The maximum Gasteiger partial charge on any atom is 0.338 e. The standard InChI is InChI=1S/C28H28Cl2N2O4S/c1-3-5-15-36-24-8-6-7-20(16-24)26(33)31-28(37)32(18-21-9-12-22(29)17-25(21)30)23-13-10-19(11-14-23)27(34)35-4-2/h6-14,16-17H,3-5,15,18H2,1-2H3,(H,31,33,37). The average Bonchev–Trinajstić information content (AvgIpc) is 2.89. The lowest BCUT2D eigenvalue weighted by Crippen LogP contribution is -2.42. The summed E-state index contributed by atoms with van der Waals surface area (Å²) in [5, 5.41) is 3.94. The van der Waals surface area contributed by atoms with Gasteiger partial charge in [-0.25, -0.2) is 4.79 Å². The summed E-state index contributed by atoms with van der Waals surface area (Å²) in [7, 11) is 0. The number of anilines is 1. The number of esters is 1. The molecule has 0 heterocycles. The van der Waals surface area contributed by atoms with Crippen molar-refractivity contribution in [3.05, 3.63) is 93.5 Å². The van der Waals surface area contributed by atoms with E-state index in [4.69, 9.17) is 44.9 Å². The summed E-state index contributed by atoms with van der Waals surface area (Å²) in [6.45, 7) is 4.95. The molecule has 0 saturated carbocycles. The third kappa shape index (κ3) is 8.18. The van der Waals surface area contributed by atoms with Crippen LogP contribution in [-0.2, 0) is 11.3 Å². The molecule has 9 heteroatoms. The Morgan fingerprint density at radius 1 is 0.973 bits per heavy atom. The minimum absolute atomic E-state index is 0.164.